The van der Waals surface area contributed by atoms with Crippen LogP contribution >= 0.6 is 0 Å². The number of carbonyl (C=O) groups excluding carboxylic acids is 1. The number of imidazole rings is 1. The summed E-state index contributed by atoms with van der Waals surface area (Å²) in [4.78, 5) is 15.4. The highest BCUT2D eigenvalue weighted by Gasteiger charge is 2.57. The zero-order valence-electron chi connectivity index (χ0n) is 13.8. The van der Waals surface area contributed by atoms with Crippen molar-refractivity contribution in [2.45, 2.75) is 56.7 Å². The van der Waals surface area contributed by atoms with Crippen LogP contribution in [0.2, 0.25) is 0 Å². The van der Waals surface area contributed by atoms with E-state index in [2.05, 4.69) is 10.3 Å². The van der Waals surface area contributed by atoms with E-state index in [9.17, 15) is 23.1 Å². The molecule has 1 heterocycles. The molecule has 0 spiro atoms. The van der Waals surface area contributed by atoms with Crippen molar-refractivity contribution in [2.75, 3.05) is 6.54 Å². The summed E-state index contributed by atoms with van der Waals surface area (Å²) in [6.07, 6.45) is 2.71. The molecule has 1 atom stereocenters. The maximum absolute atomic E-state index is 13.3. The number of rotatable bonds is 7. The largest absolute Gasteiger partial charge is 0.424 e. The summed E-state index contributed by atoms with van der Waals surface area (Å²) >= 11 is 0. The van der Waals surface area contributed by atoms with Gasteiger partial charge in [-0.05, 0) is 12.3 Å². The summed E-state index contributed by atoms with van der Waals surface area (Å²) in [6, 6.07) is 0. The number of nitrogens with one attached hydrogen (secondary N) is 1. The van der Waals surface area contributed by atoms with E-state index in [-0.39, 0.29) is 12.5 Å². The second-order valence-electron chi connectivity index (χ2n) is 6.51. The number of nitrogens with zero attached hydrogens (tertiary/aromatic N) is 2. The summed E-state index contributed by atoms with van der Waals surface area (Å²) in [5.41, 5.74) is -3.08. The van der Waals surface area contributed by atoms with Gasteiger partial charge in [-0.15, -0.1) is 0 Å². The Morgan fingerprint density at radius 3 is 2.62 bits per heavy atom. The second-order valence-corrected chi connectivity index (χ2v) is 6.51. The summed E-state index contributed by atoms with van der Waals surface area (Å²) in [5, 5.41) is 12.6. The molecule has 1 saturated carbocycles. The highest BCUT2D eigenvalue weighted by atomic mass is 19.4. The molecule has 1 amide bonds. The molecule has 1 aromatic heterocycles. The molecule has 136 valence electrons. The smallest absolute Gasteiger partial charge is 0.374 e. The third-order valence-corrected chi connectivity index (χ3v) is 4.72. The molecule has 1 aromatic rings. The van der Waals surface area contributed by atoms with Crippen molar-refractivity contribution in [3.05, 3.63) is 18.2 Å². The molecule has 2 N–H and O–H groups in total. The monoisotopic (exact) mass is 347 g/mol. The van der Waals surface area contributed by atoms with E-state index < -0.39 is 24.0 Å². The Labute approximate surface area is 139 Å². The van der Waals surface area contributed by atoms with Gasteiger partial charge in [0.15, 0.2) is 0 Å². The van der Waals surface area contributed by atoms with Gasteiger partial charge in [-0.25, -0.2) is 4.98 Å². The van der Waals surface area contributed by atoms with E-state index in [1.54, 1.807) is 0 Å². The predicted octanol–water partition coefficient (Wildman–Crippen LogP) is 2.65. The number of aryl methyl sites for hydroxylation is 1. The summed E-state index contributed by atoms with van der Waals surface area (Å²) in [7, 11) is 1.39. The van der Waals surface area contributed by atoms with Gasteiger partial charge in [0.05, 0.1) is 0 Å². The fraction of sp³-hybridized carbons (Fsp3) is 0.750. The predicted molar refractivity (Wildman–Crippen MR) is 82.0 cm³/mol. The number of alkyl halides is 3. The Bertz CT molecular complexity index is 553. The number of aliphatic hydroxyl groups is 1. The first-order valence-electron chi connectivity index (χ1n) is 8.27. The average molecular weight is 347 g/mol. The topological polar surface area (TPSA) is 67.2 Å². The Morgan fingerprint density at radius 2 is 2.08 bits per heavy atom. The number of halogens is 3. The molecule has 1 unspecified atom stereocenters. The van der Waals surface area contributed by atoms with Crippen LogP contribution in [0.4, 0.5) is 13.2 Å². The van der Waals surface area contributed by atoms with Crippen molar-refractivity contribution < 1.29 is 23.1 Å². The number of hydrogen-bond donors (Lipinski definition) is 2. The fourth-order valence-electron chi connectivity index (χ4n) is 3.25. The Kier molecular flexibility index (Phi) is 5.90. The van der Waals surface area contributed by atoms with Crippen molar-refractivity contribution in [2.24, 2.45) is 13.0 Å². The molecule has 0 radical (unpaired) electrons. The number of hydrogen-bond acceptors (Lipinski definition) is 3. The number of amides is 1. The molecular formula is C16H24F3N3O2. The van der Waals surface area contributed by atoms with E-state index in [4.69, 9.17) is 0 Å². The Morgan fingerprint density at radius 1 is 1.42 bits per heavy atom. The van der Waals surface area contributed by atoms with Crippen molar-refractivity contribution in [1.29, 1.82) is 0 Å². The minimum absolute atomic E-state index is 0.258. The lowest BCUT2D eigenvalue weighted by Gasteiger charge is -2.30. The van der Waals surface area contributed by atoms with Gasteiger partial charge < -0.3 is 15.0 Å². The normalized spacial score (nSPS) is 18.5. The van der Waals surface area contributed by atoms with Gasteiger partial charge in [0.25, 0.3) is 0 Å². The van der Waals surface area contributed by atoms with Crippen LogP contribution in [0.3, 0.4) is 0 Å². The molecule has 0 aliphatic heterocycles. The van der Waals surface area contributed by atoms with Crippen LogP contribution in [0.15, 0.2) is 12.4 Å². The van der Waals surface area contributed by atoms with Gasteiger partial charge >= 0.3 is 6.18 Å². The lowest BCUT2D eigenvalue weighted by atomic mass is 9.97. The SMILES string of the molecule is Cn1ccnc1C(O)(CCNC(=O)CCC1CCCC1)C(F)(F)F. The van der Waals surface area contributed by atoms with Crippen LogP contribution in [-0.4, -0.2) is 33.3 Å². The third-order valence-electron chi connectivity index (χ3n) is 4.72. The number of aromatic nitrogens is 2. The quantitative estimate of drug-likeness (QED) is 0.797. The molecule has 5 nitrogen and oxygen atoms in total. The Hall–Kier alpha value is -1.57. The average Bonchev–Trinajstić information content (AvgIpc) is 3.15. The maximum Gasteiger partial charge on any atom is 0.424 e. The minimum Gasteiger partial charge on any atom is -0.374 e. The van der Waals surface area contributed by atoms with Crippen molar-refractivity contribution >= 4 is 5.91 Å². The maximum atomic E-state index is 13.3. The van der Waals surface area contributed by atoms with Crippen LogP contribution in [0.5, 0.6) is 0 Å². The first kappa shape index (κ1) is 18.8. The summed E-state index contributed by atoms with van der Waals surface area (Å²) in [5.74, 6) is -0.197. The molecule has 1 aliphatic carbocycles. The minimum atomic E-state index is -4.87. The van der Waals surface area contributed by atoms with Gasteiger partial charge in [-0.2, -0.15) is 13.2 Å². The number of carbonyl (C=O) groups is 1. The molecule has 0 aromatic carbocycles. The van der Waals surface area contributed by atoms with Gasteiger partial charge in [-0.3, -0.25) is 4.79 Å². The molecule has 24 heavy (non-hydrogen) atoms. The Balaban J connectivity index is 1.87. The van der Waals surface area contributed by atoms with Gasteiger partial charge in [0.2, 0.25) is 11.5 Å². The first-order chi connectivity index (χ1) is 11.2. The van der Waals surface area contributed by atoms with Crippen LogP contribution in [-0.2, 0) is 17.4 Å². The van der Waals surface area contributed by atoms with Gasteiger partial charge in [0, 0.05) is 38.8 Å². The first-order valence-corrected chi connectivity index (χ1v) is 8.27. The van der Waals surface area contributed by atoms with Crippen LogP contribution in [0, 0.1) is 5.92 Å². The van der Waals surface area contributed by atoms with E-state index in [1.165, 1.54) is 32.3 Å². The highest BCUT2D eigenvalue weighted by molar-refractivity contribution is 5.75. The molecule has 2 rings (SSSR count). The fourth-order valence-corrected chi connectivity index (χ4v) is 3.25. The van der Waals surface area contributed by atoms with Gasteiger partial charge in [0.1, 0.15) is 5.82 Å². The van der Waals surface area contributed by atoms with Crippen molar-refractivity contribution in [1.82, 2.24) is 14.9 Å². The van der Waals surface area contributed by atoms with Crippen LogP contribution in [0.1, 0.15) is 50.8 Å². The molecular weight excluding hydrogens is 323 g/mol. The second kappa shape index (κ2) is 7.55. The lowest BCUT2D eigenvalue weighted by molar-refractivity contribution is -0.272. The van der Waals surface area contributed by atoms with E-state index in [1.807, 2.05) is 0 Å². The summed E-state index contributed by atoms with van der Waals surface area (Å²) < 4.78 is 41.1. The zero-order chi connectivity index (χ0) is 17.8. The van der Waals surface area contributed by atoms with Crippen molar-refractivity contribution in [3.8, 4) is 0 Å². The highest BCUT2D eigenvalue weighted by Crippen LogP contribution is 2.40. The lowest BCUT2D eigenvalue weighted by Crippen LogP contribution is -2.46. The third kappa shape index (κ3) is 4.28. The molecule has 0 saturated heterocycles. The van der Waals surface area contributed by atoms with Gasteiger partial charge in [-0.1, -0.05) is 25.7 Å². The van der Waals surface area contributed by atoms with E-state index in [0.717, 1.165) is 23.8 Å². The molecule has 1 aliphatic rings. The summed E-state index contributed by atoms with van der Waals surface area (Å²) in [6.45, 7) is -0.258. The molecule has 0 bridgehead atoms. The van der Waals surface area contributed by atoms with E-state index in [0.29, 0.717) is 12.3 Å². The molecule has 1 fully saturated rings. The zero-order valence-corrected chi connectivity index (χ0v) is 13.8. The van der Waals surface area contributed by atoms with Crippen LogP contribution in [0.25, 0.3) is 0 Å². The van der Waals surface area contributed by atoms with E-state index >= 15 is 0 Å². The standard InChI is InChI=1S/C16H24F3N3O2/c1-22-11-10-21-14(22)15(24,16(17,18)19)8-9-20-13(23)7-6-12-4-2-3-5-12/h10-12,24H,2-9H2,1H3,(H,20,23). The van der Waals surface area contributed by atoms with Crippen molar-refractivity contribution in [3.63, 3.8) is 0 Å². The van der Waals surface area contributed by atoms with Crippen LogP contribution < -0.4 is 5.32 Å². The molecule has 8 heteroatoms.